The van der Waals surface area contributed by atoms with Crippen LogP contribution >= 0.6 is 11.3 Å². The smallest absolute Gasteiger partial charge is 0.221 e. The molecule has 5 heteroatoms. The van der Waals surface area contributed by atoms with E-state index in [2.05, 4.69) is 16.9 Å². The van der Waals surface area contributed by atoms with Crippen LogP contribution in [0.1, 0.15) is 0 Å². The van der Waals surface area contributed by atoms with Gasteiger partial charge in [0.1, 0.15) is 0 Å². The average Bonchev–Trinajstić information content (AvgIpc) is 2.66. The number of benzene rings is 1. The third-order valence-corrected chi connectivity index (χ3v) is 2.11. The molecule has 0 aliphatic carbocycles. The van der Waals surface area contributed by atoms with Gasteiger partial charge in [-0.3, -0.25) is 10.2 Å². The highest BCUT2D eigenvalue weighted by atomic mass is 32.1. The maximum Gasteiger partial charge on any atom is 0.221 e. The predicted octanol–water partition coefficient (Wildman–Crippen LogP) is 0.902. The van der Waals surface area contributed by atoms with Gasteiger partial charge in [-0.1, -0.05) is 12.1 Å². The third-order valence-electron chi connectivity index (χ3n) is 1.30. The first kappa shape index (κ1) is 9.63. The number of nitrogens with one attached hydrogen (secondary N) is 1. The Balaban J connectivity index is 0.000000184. The van der Waals surface area contributed by atoms with Gasteiger partial charge >= 0.3 is 0 Å². The summed E-state index contributed by atoms with van der Waals surface area (Å²) < 4.78 is 1.26. The van der Waals surface area contributed by atoms with Crippen LogP contribution in [0.15, 0.2) is 29.8 Å². The van der Waals surface area contributed by atoms with Crippen LogP contribution in [0.4, 0.5) is 0 Å². The zero-order chi connectivity index (χ0) is 9.52. The second-order valence-corrected chi connectivity index (χ2v) is 2.99. The molecule has 0 spiro atoms. The van der Waals surface area contributed by atoms with Crippen molar-refractivity contribution in [3.8, 4) is 0 Å². The van der Waals surface area contributed by atoms with Crippen LogP contribution in [0.3, 0.4) is 0 Å². The summed E-state index contributed by atoms with van der Waals surface area (Å²) >= 11 is 1.68. The summed E-state index contributed by atoms with van der Waals surface area (Å²) in [6.07, 6.45) is 0.403. The molecule has 0 atom stereocenters. The first-order valence-electron chi connectivity index (χ1n) is 3.56. The fourth-order valence-corrected chi connectivity index (χ4v) is 1.48. The number of amides is 1. The van der Waals surface area contributed by atoms with Gasteiger partial charge in [0.25, 0.3) is 0 Å². The van der Waals surface area contributed by atoms with Gasteiger partial charge in [0.05, 0.1) is 15.7 Å². The van der Waals surface area contributed by atoms with E-state index in [1.54, 1.807) is 16.8 Å². The molecule has 0 fully saturated rings. The Hall–Kier alpha value is -1.46. The predicted molar refractivity (Wildman–Crippen MR) is 53.0 cm³/mol. The van der Waals surface area contributed by atoms with Crippen molar-refractivity contribution in [1.82, 2.24) is 10.4 Å². The van der Waals surface area contributed by atoms with Gasteiger partial charge in [-0.05, 0) is 12.1 Å². The number of rotatable bonds is 1. The van der Waals surface area contributed by atoms with Crippen LogP contribution in [0, 0.1) is 0 Å². The molecule has 1 heterocycles. The number of hydrogen-bond donors (Lipinski definition) is 2. The molecular formula is C8H9N3OS. The summed E-state index contributed by atoms with van der Waals surface area (Å²) in [6.45, 7) is 0. The summed E-state index contributed by atoms with van der Waals surface area (Å²) in [6, 6.07) is 8.13. The fraction of sp³-hybridized carbons (Fsp3) is 0. The molecule has 4 nitrogen and oxygen atoms in total. The maximum absolute atomic E-state index is 8.94. The highest BCUT2D eigenvalue weighted by molar-refractivity contribution is 7.16. The Morgan fingerprint density at radius 1 is 1.46 bits per heavy atom. The number of fused-ring (bicyclic) bond motifs is 1. The lowest BCUT2D eigenvalue weighted by Crippen LogP contribution is -2.18. The van der Waals surface area contributed by atoms with Gasteiger partial charge < -0.3 is 0 Å². The summed E-state index contributed by atoms with van der Waals surface area (Å²) in [5.74, 6) is 4.41. The van der Waals surface area contributed by atoms with E-state index in [4.69, 9.17) is 4.79 Å². The SMILES string of the molecule is NNC=O.c1ccc2scnc2c1. The lowest BCUT2D eigenvalue weighted by atomic mass is 10.3. The van der Waals surface area contributed by atoms with Gasteiger partial charge in [0.15, 0.2) is 0 Å². The zero-order valence-corrected chi connectivity index (χ0v) is 7.62. The van der Waals surface area contributed by atoms with E-state index in [1.165, 1.54) is 4.70 Å². The van der Waals surface area contributed by atoms with E-state index >= 15 is 0 Å². The van der Waals surface area contributed by atoms with Crippen LogP contribution in [0.2, 0.25) is 0 Å². The molecule has 2 rings (SSSR count). The number of para-hydroxylation sites is 1. The number of nitrogens with two attached hydrogens (primary N) is 1. The largest absolute Gasteiger partial charge is 0.297 e. The number of carbonyl (C=O) groups is 1. The van der Waals surface area contributed by atoms with E-state index in [0.29, 0.717) is 6.41 Å². The number of hydrazine groups is 1. The molecule has 0 saturated carbocycles. The van der Waals surface area contributed by atoms with Gasteiger partial charge in [0.2, 0.25) is 6.41 Å². The molecule has 0 saturated heterocycles. The van der Waals surface area contributed by atoms with Crippen LogP contribution in [0.5, 0.6) is 0 Å². The summed E-state index contributed by atoms with van der Waals surface area (Å²) in [7, 11) is 0. The number of aromatic nitrogens is 1. The summed E-state index contributed by atoms with van der Waals surface area (Å²) in [5, 5.41) is 0. The minimum atomic E-state index is 0.403. The van der Waals surface area contributed by atoms with E-state index < -0.39 is 0 Å². The minimum Gasteiger partial charge on any atom is -0.297 e. The van der Waals surface area contributed by atoms with Gasteiger partial charge in [-0.2, -0.15) is 0 Å². The molecule has 3 N–H and O–H groups in total. The van der Waals surface area contributed by atoms with Crippen LogP contribution in [-0.2, 0) is 4.79 Å². The van der Waals surface area contributed by atoms with Crippen molar-refractivity contribution in [1.29, 1.82) is 0 Å². The number of thiazole rings is 1. The number of nitrogens with zero attached hydrogens (tertiary/aromatic N) is 1. The monoisotopic (exact) mass is 195 g/mol. The standard InChI is InChI=1S/C7H5NS.CH4N2O/c1-2-4-7-6(3-1)8-5-9-7;2-3-1-4/h1-5H;1H,2H2,(H,3,4). The molecule has 68 valence electrons. The summed E-state index contributed by atoms with van der Waals surface area (Å²) in [4.78, 5) is 13.1. The van der Waals surface area contributed by atoms with Gasteiger partial charge in [0, 0.05) is 0 Å². The van der Waals surface area contributed by atoms with Crippen LogP contribution < -0.4 is 11.3 Å². The first-order chi connectivity index (χ1) is 6.38. The highest BCUT2D eigenvalue weighted by Crippen LogP contribution is 2.15. The lowest BCUT2D eigenvalue weighted by molar-refractivity contribution is -0.109. The van der Waals surface area contributed by atoms with Crippen LogP contribution in [0.25, 0.3) is 10.2 Å². The molecule has 0 aliphatic rings. The van der Waals surface area contributed by atoms with E-state index in [9.17, 15) is 0 Å². The molecule has 0 aliphatic heterocycles. The Kier molecular flexibility index (Phi) is 3.87. The second kappa shape index (κ2) is 5.23. The zero-order valence-electron chi connectivity index (χ0n) is 6.81. The number of hydrogen-bond acceptors (Lipinski definition) is 4. The van der Waals surface area contributed by atoms with Crippen molar-refractivity contribution < 1.29 is 4.79 Å². The summed E-state index contributed by atoms with van der Waals surface area (Å²) in [5.41, 5.74) is 4.72. The molecule has 0 radical (unpaired) electrons. The van der Waals surface area contributed by atoms with Crippen LogP contribution in [-0.4, -0.2) is 11.4 Å². The van der Waals surface area contributed by atoms with Crippen molar-refractivity contribution in [2.24, 2.45) is 5.84 Å². The quantitative estimate of drug-likeness (QED) is 0.307. The van der Waals surface area contributed by atoms with E-state index in [1.807, 2.05) is 23.7 Å². The molecule has 1 amide bonds. The lowest BCUT2D eigenvalue weighted by Gasteiger charge is -1.80. The molecule has 1 aromatic carbocycles. The molecule has 0 bridgehead atoms. The first-order valence-corrected chi connectivity index (χ1v) is 4.44. The molecule has 13 heavy (non-hydrogen) atoms. The van der Waals surface area contributed by atoms with Gasteiger partial charge in [-0.15, -0.1) is 11.3 Å². The fourth-order valence-electron chi connectivity index (χ4n) is 0.803. The Bertz CT molecular complexity index is 344. The van der Waals surface area contributed by atoms with Crippen molar-refractivity contribution in [3.63, 3.8) is 0 Å². The van der Waals surface area contributed by atoms with Crippen molar-refractivity contribution >= 4 is 28.0 Å². The Labute approximate surface area is 79.4 Å². The topological polar surface area (TPSA) is 68.0 Å². The molecular weight excluding hydrogens is 186 g/mol. The molecule has 0 unspecified atom stereocenters. The molecule has 1 aromatic heterocycles. The van der Waals surface area contributed by atoms with Gasteiger partial charge in [-0.25, -0.2) is 10.8 Å². The minimum absolute atomic E-state index is 0.403. The Morgan fingerprint density at radius 2 is 2.15 bits per heavy atom. The van der Waals surface area contributed by atoms with E-state index in [0.717, 1.165) is 5.52 Å². The average molecular weight is 195 g/mol. The third kappa shape index (κ3) is 2.81. The molecule has 2 aromatic rings. The highest BCUT2D eigenvalue weighted by Gasteiger charge is 1.89. The number of carbonyl (C=O) groups excluding carboxylic acids is 1. The maximum atomic E-state index is 8.94. The Morgan fingerprint density at radius 3 is 2.77 bits per heavy atom. The second-order valence-electron chi connectivity index (χ2n) is 2.10. The normalized spacial score (nSPS) is 8.69. The van der Waals surface area contributed by atoms with Crippen molar-refractivity contribution in [2.75, 3.05) is 0 Å². The van der Waals surface area contributed by atoms with Crippen molar-refractivity contribution in [3.05, 3.63) is 29.8 Å². The van der Waals surface area contributed by atoms with Crippen molar-refractivity contribution in [2.45, 2.75) is 0 Å². The van der Waals surface area contributed by atoms with E-state index in [-0.39, 0.29) is 0 Å².